The van der Waals surface area contributed by atoms with Gasteiger partial charge in [-0.3, -0.25) is 14.9 Å². The molecule has 1 N–H and O–H groups in total. The van der Waals surface area contributed by atoms with Crippen molar-refractivity contribution in [3.05, 3.63) is 82.2 Å². The molecule has 0 saturated carbocycles. The molecule has 0 bridgehead atoms. The maximum absolute atomic E-state index is 12.2. The number of rotatable bonds is 7. The number of carbonyl (C=O) groups excluding carboxylic acids is 1. The number of aromatic nitrogens is 2. The Kier molecular flexibility index (Phi) is 5.87. The summed E-state index contributed by atoms with van der Waals surface area (Å²) in [5.41, 5.74) is 2.70. The van der Waals surface area contributed by atoms with Gasteiger partial charge in [0.25, 0.3) is 5.69 Å². The third kappa shape index (κ3) is 5.18. The highest BCUT2D eigenvalue weighted by Gasteiger charge is 2.11. The summed E-state index contributed by atoms with van der Waals surface area (Å²) in [6.45, 7) is 2.72. The number of carbonyl (C=O) groups is 1. The number of anilines is 1. The Bertz CT molecular complexity index is 954. The smallest absolute Gasteiger partial charge is 0.271 e. The van der Waals surface area contributed by atoms with E-state index in [1.165, 1.54) is 35.5 Å². The van der Waals surface area contributed by atoms with Gasteiger partial charge in [-0.05, 0) is 18.6 Å². The zero-order chi connectivity index (χ0) is 19.2. The number of imidazole rings is 1. The van der Waals surface area contributed by atoms with Gasteiger partial charge in [0.05, 0.1) is 10.7 Å². The molecule has 0 spiro atoms. The van der Waals surface area contributed by atoms with E-state index < -0.39 is 4.92 Å². The van der Waals surface area contributed by atoms with Crippen LogP contribution < -0.4 is 5.32 Å². The van der Waals surface area contributed by atoms with E-state index in [-0.39, 0.29) is 17.3 Å². The van der Waals surface area contributed by atoms with Gasteiger partial charge in [0.2, 0.25) is 5.91 Å². The normalized spacial score (nSPS) is 10.6. The summed E-state index contributed by atoms with van der Waals surface area (Å²) in [6.07, 6.45) is 3.58. The number of benzene rings is 2. The lowest BCUT2D eigenvalue weighted by molar-refractivity contribution is -0.384. The van der Waals surface area contributed by atoms with Crippen LogP contribution in [0.1, 0.15) is 11.1 Å². The summed E-state index contributed by atoms with van der Waals surface area (Å²) in [5.74, 6) is -0.0847. The van der Waals surface area contributed by atoms with Crippen LogP contribution in [0.5, 0.6) is 0 Å². The lowest BCUT2D eigenvalue weighted by atomic mass is 10.1. The number of nitro groups is 1. The van der Waals surface area contributed by atoms with E-state index in [1.54, 1.807) is 12.3 Å². The third-order valence-corrected chi connectivity index (χ3v) is 4.83. The van der Waals surface area contributed by atoms with Crippen LogP contribution in [0.2, 0.25) is 0 Å². The summed E-state index contributed by atoms with van der Waals surface area (Å²) in [5, 5.41) is 14.2. The lowest BCUT2D eigenvalue weighted by Crippen LogP contribution is -2.14. The second-order valence-electron chi connectivity index (χ2n) is 5.97. The highest BCUT2D eigenvalue weighted by molar-refractivity contribution is 7.99. The van der Waals surface area contributed by atoms with Crippen LogP contribution in [0.15, 0.2) is 66.1 Å². The Labute approximate surface area is 160 Å². The van der Waals surface area contributed by atoms with Crippen molar-refractivity contribution in [3.8, 4) is 0 Å². The number of nitro benzene ring substituents is 1. The largest absolute Gasteiger partial charge is 0.325 e. The average molecular weight is 382 g/mol. The van der Waals surface area contributed by atoms with Crippen molar-refractivity contribution in [2.45, 2.75) is 18.6 Å². The quantitative estimate of drug-likeness (QED) is 0.380. The van der Waals surface area contributed by atoms with Gasteiger partial charge in [-0.15, -0.1) is 0 Å². The Morgan fingerprint density at radius 3 is 2.78 bits per heavy atom. The highest BCUT2D eigenvalue weighted by Crippen LogP contribution is 2.20. The van der Waals surface area contributed by atoms with Gasteiger partial charge >= 0.3 is 0 Å². The molecule has 8 heteroatoms. The van der Waals surface area contributed by atoms with Crippen LogP contribution in [-0.4, -0.2) is 26.1 Å². The lowest BCUT2D eigenvalue weighted by Gasteiger charge is -2.08. The van der Waals surface area contributed by atoms with Crippen LogP contribution in [-0.2, 0) is 11.3 Å². The minimum absolute atomic E-state index is 0.0610. The molecule has 0 aliphatic rings. The molecule has 0 aliphatic carbocycles. The molecule has 7 nitrogen and oxygen atoms in total. The Balaban J connectivity index is 1.58. The second kappa shape index (κ2) is 8.50. The molecule has 0 fully saturated rings. The topological polar surface area (TPSA) is 90.1 Å². The van der Waals surface area contributed by atoms with Crippen molar-refractivity contribution < 1.29 is 9.72 Å². The Hall–Kier alpha value is -3.13. The van der Waals surface area contributed by atoms with Gasteiger partial charge < -0.3 is 9.88 Å². The number of hydrogen-bond donors (Lipinski definition) is 1. The fourth-order valence-corrected chi connectivity index (χ4v) is 3.23. The molecule has 0 atom stereocenters. The molecule has 138 valence electrons. The number of thioether (sulfide) groups is 1. The van der Waals surface area contributed by atoms with Gasteiger partial charge in [-0.1, -0.05) is 47.7 Å². The first-order valence-electron chi connectivity index (χ1n) is 8.25. The van der Waals surface area contributed by atoms with Crippen molar-refractivity contribution in [2.75, 3.05) is 11.1 Å². The fraction of sp³-hybridized carbons (Fsp3) is 0.158. The first kappa shape index (κ1) is 18.7. The van der Waals surface area contributed by atoms with E-state index in [2.05, 4.69) is 34.6 Å². The van der Waals surface area contributed by atoms with E-state index in [0.717, 1.165) is 10.7 Å². The second-order valence-corrected chi connectivity index (χ2v) is 6.91. The number of hydrogen-bond acceptors (Lipinski definition) is 5. The minimum atomic E-state index is -0.494. The van der Waals surface area contributed by atoms with E-state index in [0.29, 0.717) is 12.2 Å². The van der Waals surface area contributed by atoms with E-state index in [1.807, 2.05) is 17.7 Å². The van der Waals surface area contributed by atoms with Crippen molar-refractivity contribution in [2.24, 2.45) is 0 Å². The van der Waals surface area contributed by atoms with Crippen LogP contribution in [0.3, 0.4) is 0 Å². The molecule has 2 aromatic carbocycles. The van der Waals surface area contributed by atoms with Crippen LogP contribution >= 0.6 is 11.8 Å². The summed E-state index contributed by atoms with van der Waals surface area (Å²) >= 11 is 1.32. The van der Waals surface area contributed by atoms with Crippen molar-refractivity contribution >= 4 is 29.0 Å². The third-order valence-electron chi connectivity index (χ3n) is 3.82. The van der Waals surface area contributed by atoms with Crippen molar-refractivity contribution in [3.63, 3.8) is 0 Å². The average Bonchev–Trinajstić information content (AvgIpc) is 3.09. The van der Waals surface area contributed by atoms with Gasteiger partial charge in [0, 0.05) is 36.8 Å². The molecule has 3 aromatic rings. The molecule has 0 saturated heterocycles. The van der Waals surface area contributed by atoms with E-state index in [9.17, 15) is 14.9 Å². The first-order chi connectivity index (χ1) is 13.0. The molecular weight excluding hydrogens is 364 g/mol. The predicted molar refractivity (Wildman–Crippen MR) is 105 cm³/mol. The zero-order valence-corrected chi connectivity index (χ0v) is 15.5. The highest BCUT2D eigenvalue weighted by atomic mass is 32.2. The summed E-state index contributed by atoms with van der Waals surface area (Å²) in [6, 6.07) is 14.1. The van der Waals surface area contributed by atoms with Gasteiger partial charge in [0.1, 0.15) is 0 Å². The van der Waals surface area contributed by atoms with Crippen molar-refractivity contribution in [1.29, 1.82) is 0 Å². The SMILES string of the molecule is Cc1ccc(Cn2ccnc2SCC(=O)Nc2cccc([N+](=O)[O-])c2)cc1. The van der Waals surface area contributed by atoms with Crippen molar-refractivity contribution in [1.82, 2.24) is 9.55 Å². The fourth-order valence-electron chi connectivity index (χ4n) is 2.47. The van der Waals surface area contributed by atoms with Crippen LogP contribution in [0, 0.1) is 17.0 Å². The summed E-state index contributed by atoms with van der Waals surface area (Å²) in [4.78, 5) is 26.8. The number of aryl methyl sites for hydroxylation is 1. The molecule has 1 heterocycles. The molecule has 3 rings (SSSR count). The standard InChI is InChI=1S/C19H18N4O3S/c1-14-5-7-15(8-6-14)12-22-10-9-20-19(22)27-13-18(24)21-16-3-2-4-17(11-16)23(25)26/h2-11H,12-13H2,1H3,(H,21,24). The van der Waals surface area contributed by atoms with Crippen LogP contribution in [0.25, 0.3) is 0 Å². The van der Waals surface area contributed by atoms with Gasteiger partial charge in [-0.2, -0.15) is 0 Å². The summed E-state index contributed by atoms with van der Waals surface area (Å²) < 4.78 is 1.98. The predicted octanol–water partition coefficient (Wildman–Crippen LogP) is 3.88. The van der Waals surface area contributed by atoms with Gasteiger partial charge in [-0.25, -0.2) is 4.98 Å². The number of amides is 1. The zero-order valence-electron chi connectivity index (χ0n) is 14.7. The van der Waals surface area contributed by atoms with E-state index >= 15 is 0 Å². The molecule has 1 amide bonds. The molecule has 27 heavy (non-hydrogen) atoms. The maximum Gasteiger partial charge on any atom is 0.271 e. The maximum atomic E-state index is 12.2. The first-order valence-corrected chi connectivity index (χ1v) is 9.23. The molecular formula is C19H18N4O3S. The Morgan fingerprint density at radius 1 is 1.26 bits per heavy atom. The number of non-ortho nitro benzene ring substituents is 1. The molecule has 0 unspecified atom stereocenters. The van der Waals surface area contributed by atoms with Crippen LogP contribution in [0.4, 0.5) is 11.4 Å². The number of nitrogens with one attached hydrogen (secondary N) is 1. The molecule has 1 aromatic heterocycles. The number of nitrogens with zero attached hydrogens (tertiary/aromatic N) is 3. The summed E-state index contributed by atoms with van der Waals surface area (Å²) in [7, 11) is 0. The van der Waals surface area contributed by atoms with E-state index in [4.69, 9.17) is 0 Å². The Morgan fingerprint density at radius 2 is 2.04 bits per heavy atom. The minimum Gasteiger partial charge on any atom is -0.325 e. The van der Waals surface area contributed by atoms with Gasteiger partial charge in [0.15, 0.2) is 5.16 Å². The monoisotopic (exact) mass is 382 g/mol. The molecule has 0 radical (unpaired) electrons. The molecule has 0 aliphatic heterocycles.